The van der Waals surface area contributed by atoms with Crippen LogP contribution < -0.4 is 0 Å². The average molecular weight is 273 g/mol. The zero-order valence-electron chi connectivity index (χ0n) is 10.6. The van der Waals surface area contributed by atoms with E-state index < -0.39 is 0 Å². The molecule has 1 aliphatic carbocycles. The van der Waals surface area contributed by atoms with Gasteiger partial charge in [-0.1, -0.05) is 37.8 Å². The molecule has 96 valence electrons. The molecule has 1 N–H and O–H groups in total. The van der Waals surface area contributed by atoms with E-state index in [9.17, 15) is 5.11 Å². The van der Waals surface area contributed by atoms with Crippen molar-refractivity contribution in [1.29, 1.82) is 0 Å². The third-order valence-corrected chi connectivity index (χ3v) is 5.83. The molecule has 1 fully saturated rings. The first kappa shape index (κ1) is 13.4. The summed E-state index contributed by atoms with van der Waals surface area (Å²) in [6.07, 6.45) is 5.77. The van der Waals surface area contributed by atoms with Crippen LogP contribution in [0.15, 0.2) is 5.38 Å². The van der Waals surface area contributed by atoms with Crippen molar-refractivity contribution in [3.8, 4) is 0 Å². The molecular formula is C14H21ClOS. The summed E-state index contributed by atoms with van der Waals surface area (Å²) in [6.45, 7) is 4.26. The standard InChI is InChI=1S/C14H21ClOS/c1-3-10-5-4-6-11(7-10)13(16)14-12(15)9(2)8-17-14/h8,10-11,13,16H,3-7H2,1-2H3. The molecule has 0 bridgehead atoms. The van der Waals surface area contributed by atoms with Crippen LogP contribution in [0.5, 0.6) is 0 Å². The monoisotopic (exact) mass is 272 g/mol. The van der Waals surface area contributed by atoms with E-state index in [2.05, 4.69) is 6.92 Å². The Bertz CT molecular complexity index is 374. The van der Waals surface area contributed by atoms with Crippen LogP contribution in [-0.4, -0.2) is 5.11 Å². The molecule has 1 aromatic heterocycles. The molecule has 0 aliphatic heterocycles. The van der Waals surface area contributed by atoms with E-state index in [1.807, 2.05) is 12.3 Å². The Morgan fingerprint density at radius 2 is 2.29 bits per heavy atom. The summed E-state index contributed by atoms with van der Waals surface area (Å²) in [4.78, 5) is 0.978. The lowest BCUT2D eigenvalue weighted by atomic mass is 9.77. The van der Waals surface area contributed by atoms with Crippen molar-refractivity contribution >= 4 is 22.9 Å². The minimum atomic E-state index is -0.351. The Hall–Kier alpha value is -0.0500. The number of hydrogen-bond acceptors (Lipinski definition) is 2. The van der Waals surface area contributed by atoms with Crippen molar-refractivity contribution in [2.45, 2.75) is 52.1 Å². The highest BCUT2D eigenvalue weighted by atomic mass is 35.5. The van der Waals surface area contributed by atoms with Crippen molar-refractivity contribution in [3.05, 3.63) is 20.8 Å². The maximum atomic E-state index is 10.5. The second kappa shape index (κ2) is 5.73. The molecule has 0 radical (unpaired) electrons. The van der Waals surface area contributed by atoms with Gasteiger partial charge in [0.25, 0.3) is 0 Å². The van der Waals surface area contributed by atoms with Crippen LogP contribution in [0.2, 0.25) is 5.02 Å². The lowest BCUT2D eigenvalue weighted by molar-refractivity contribution is 0.0706. The van der Waals surface area contributed by atoms with Gasteiger partial charge in [0.15, 0.2) is 0 Å². The zero-order chi connectivity index (χ0) is 12.4. The highest BCUT2D eigenvalue weighted by molar-refractivity contribution is 7.10. The van der Waals surface area contributed by atoms with Crippen LogP contribution >= 0.6 is 22.9 Å². The highest BCUT2D eigenvalue weighted by Gasteiger charge is 2.29. The maximum Gasteiger partial charge on any atom is 0.0925 e. The fourth-order valence-corrected chi connectivity index (χ4v) is 4.24. The number of rotatable bonds is 3. The minimum Gasteiger partial charge on any atom is -0.387 e. The van der Waals surface area contributed by atoms with E-state index in [0.29, 0.717) is 5.92 Å². The second-order valence-corrected chi connectivity index (χ2v) is 6.53. The van der Waals surface area contributed by atoms with Gasteiger partial charge in [0.1, 0.15) is 0 Å². The van der Waals surface area contributed by atoms with E-state index in [-0.39, 0.29) is 6.10 Å². The molecule has 3 atom stereocenters. The van der Waals surface area contributed by atoms with Gasteiger partial charge in [-0.15, -0.1) is 11.3 Å². The van der Waals surface area contributed by atoms with Crippen molar-refractivity contribution in [2.75, 3.05) is 0 Å². The van der Waals surface area contributed by atoms with E-state index in [1.54, 1.807) is 11.3 Å². The van der Waals surface area contributed by atoms with Crippen molar-refractivity contribution in [1.82, 2.24) is 0 Å². The molecule has 17 heavy (non-hydrogen) atoms. The molecule has 1 heterocycles. The summed E-state index contributed by atoms with van der Waals surface area (Å²) < 4.78 is 0. The van der Waals surface area contributed by atoms with Crippen molar-refractivity contribution < 1.29 is 5.11 Å². The normalized spacial score (nSPS) is 27.1. The predicted molar refractivity (Wildman–Crippen MR) is 74.8 cm³/mol. The maximum absolute atomic E-state index is 10.5. The first-order chi connectivity index (χ1) is 8.13. The Balaban J connectivity index is 2.09. The Morgan fingerprint density at radius 3 is 2.88 bits per heavy atom. The summed E-state index contributed by atoms with van der Waals surface area (Å²) in [5, 5.41) is 13.3. The topological polar surface area (TPSA) is 20.2 Å². The molecule has 1 saturated carbocycles. The van der Waals surface area contributed by atoms with Crippen LogP contribution in [0.25, 0.3) is 0 Å². The van der Waals surface area contributed by atoms with Gasteiger partial charge < -0.3 is 5.11 Å². The number of halogens is 1. The van der Waals surface area contributed by atoms with E-state index in [1.165, 1.54) is 19.3 Å². The summed E-state index contributed by atoms with van der Waals surface area (Å²) >= 11 is 7.85. The number of hydrogen-bond donors (Lipinski definition) is 1. The van der Waals surface area contributed by atoms with Crippen LogP contribution in [0.3, 0.4) is 0 Å². The van der Waals surface area contributed by atoms with Crippen LogP contribution in [-0.2, 0) is 0 Å². The number of aliphatic hydroxyl groups is 1. The van der Waals surface area contributed by atoms with E-state index in [0.717, 1.165) is 34.2 Å². The molecule has 0 saturated heterocycles. The van der Waals surface area contributed by atoms with Gasteiger partial charge in [-0.05, 0) is 42.5 Å². The van der Waals surface area contributed by atoms with Gasteiger partial charge in [0.05, 0.1) is 16.0 Å². The van der Waals surface area contributed by atoms with Gasteiger partial charge in [0.2, 0.25) is 0 Å². The molecule has 1 aromatic rings. The molecule has 0 aromatic carbocycles. The molecule has 1 aliphatic rings. The molecule has 3 unspecified atom stereocenters. The van der Waals surface area contributed by atoms with E-state index in [4.69, 9.17) is 11.6 Å². The lowest BCUT2D eigenvalue weighted by Crippen LogP contribution is -2.20. The number of aliphatic hydroxyl groups excluding tert-OH is 1. The fraction of sp³-hybridized carbons (Fsp3) is 0.714. The van der Waals surface area contributed by atoms with Crippen LogP contribution in [0, 0.1) is 18.8 Å². The van der Waals surface area contributed by atoms with Gasteiger partial charge >= 0.3 is 0 Å². The van der Waals surface area contributed by atoms with Gasteiger partial charge in [0, 0.05) is 0 Å². The Kier molecular flexibility index (Phi) is 4.51. The first-order valence-corrected chi connectivity index (χ1v) is 7.80. The summed E-state index contributed by atoms with van der Waals surface area (Å²) in [5.74, 6) is 1.20. The van der Waals surface area contributed by atoms with Crippen LogP contribution in [0.1, 0.15) is 55.6 Å². The molecule has 2 rings (SSSR count). The molecule has 0 amide bonds. The lowest BCUT2D eigenvalue weighted by Gasteiger charge is -2.31. The number of thiophene rings is 1. The molecular weight excluding hydrogens is 252 g/mol. The molecule has 1 nitrogen and oxygen atoms in total. The first-order valence-electron chi connectivity index (χ1n) is 6.55. The van der Waals surface area contributed by atoms with Crippen molar-refractivity contribution in [2.24, 2.45) is 11.8 Å². The van der Waals surface area contributed by atoms with Gasteiger partial charge in [-0.2, -0.15) is 0 Å². The van der Waals surface area contributed by atoms with E-state index >= 15 is 0 Å². The van der Waals surface area contributed by atoms with Gasteiger partial charge in [-0.3, -0.25) is 0 Å². The summed E-state index contributed by atoms with van der Waals surface area (Å²) in [5.41, 5.74) is 1.09. The SMILES string of the molecule is CCC1CCCC(C(O)c2scc(C)c2Cl)C1. The quantitative estimate of drug-likeness (QED) is 0.825. The predicted octanol–water partition coefficient (Wildman–Crippen LogP) is 4.96. The second-order valence-electron chi connectivity index (χ2n) is 5.24. The van der Waals surface area contributed by atoms with Gasteiger partial charge in [-0.25, -0.2) is 0 Å². The summed E-state index contributed by atoms with van der Waals surface area (Å²) in [6, 6.07) is 0. The minimum absolute atomic E-state index is 0.351. The smallest absolute Gasteiger partial charge is 0.0925 e. The molecule has 0 spiro atoms. The Morgan fingerprint density at radius 1 is 1.53 bits per heavy atom. The van der Waals surface area contributed by atoms with Crippen LogP contribution in [0.4, 0.5) is 0 Å². The van der Waals surface area contributed by atoms with Crippen molar-refractivity contribution in [3.63, 3.8) is 0 Å². The fourth-order valence-electron chi connectivity index (χ4n) is 2.85. The largest absolute Gasteiger partial charge is 0.387 e. The highest BCUT2D eigenvalue weighted by Crippen LogP contribution is 2.42. The summed E-state index contributed by atoms with van der Waals surface area (Å²) in [7, 11) is 0. The third-order valence-electron chi connectivity index (χ3n) is 4.04. The number of aryl methyl sites for hydroxylation is 1. The third kappa shape index (κ3) is 2.86. The average Bonchev–Trinajstić information content (AvgIpc) is 2.69. The zero-order valence-corrected chi connectivity index (χ0v) is 12.2. The Labute approximate surface area is 113 Å². The molecule has 3 heteroatoms.